The smallest absolute Gasteiger partial charge is 0.312 e. The van der Waals surface area contributed by atoms with Crippen LogP contribution in [0.5, 0.6) is 0 Å². The second-order valence-corrected chi connectivity index (χ2v) is 7.08. The molecule has 1 fully saturated rings. The number of primary amides is 1. The number of likely N-dealkylation sites (tertiary alicyclic amines) is 1. The van der Waals surface area contributed by atoms with Crippen molar-refractivity contribution in [3.05, 3.63) is 35.9 Å². The van der Waals surface area contributed by atoms with Crippen LogP contribution in [0, 0.1) is 5.92 Å². The first-order valence-corrected chi connectivity index (χ1v) is 9.55. The monoisotopic (exact) mass is 350 g/mol. The molecule has 1 aliphatic rings. The van der Waals surface area contributed by atoms with Gasteiger partial charge in [0, 0.05) is 19.0 Å². The van der Waals surface area contributed by atoms with Gasteiger partial charge in [-0.25, -0.2) is 4.79 Å². The third-order valence-corrected chi connectivity index (χ3v) is 5.15. The maximum Gasteiger partial charge on any atom is 0.312 e. The minimum Gasteiger partial charge on any atom is -0.352 e. The molecule has 0 spiro atoms. The van der Waals surface area contributed by atoms with Crippen LogP contribution >= 0.6 is 11.8 Å². The molecule has 24 heavy (non-hydrogen) atoms. The molecule has 1 aromatic carbocycles. The van der Waals surface area contributed by atoms with Crippen LogP contribution in [0.3, 0.4) is 0 Å². The number of thioether (sulfide) groups is 1. The van der Waals surface area contributed by atoms with E-state index in [1.165, 1.54) is 5.56 Å². The average Bonchev–Trinajstić information content (AvgIpc) is 3.02. The summed E-state index contributed by atoms with van der Waals surface area (Å²) >= 11 is 1.64. The number of nitrogens with zero attached hydrogens (tertiary/aromatic N) is 1. The number of amides is 3. The second-order valence-electron chi connectivity index (χ2n) is 6.10. The lowest BCUT2D eigenvalue weighted by atomic mass is 9.89. The Hall–Kier alpha value is -1.73. The van der Waals surface area contributed by atoms with Crippen LogP contribution in [0.15, 0.2) is 30.3 Å². The molecule has 1 aromatic rings. The molecule has 6 nitrogen and oxygen atoms in total. The molecular weight excluding hydrogens is 324 g/mol. The van der Waals surface area contributed by atoms with E-state index in [-0.39, 0.29) is 17.7 Å². The maximum atomic E-state index is 12.8. The predicted octanol–water partition coefficient (Wildman–Crippen LogP) is 0.977. The largest absolute Gasteiger partial charge is 0.352 e. The molecule has 5 N–H and O–H groups in total. The van der Waals surface area contributed by atoms with Crippen molar-refractivity contribution in [2.45, 2.75) is 18.4 Å². The van der Waals surface area contributed by atoms with Gasteiger partial charge in [-0.05, 0) is 36.5 Å². The van der Waals surface area contributed by atoms with Gasteiger partial charge in [0.2, 0.25) is 5.91 Å². The molecule has 7 heteroatoms. The lowest BCUT2D eigenvalue weighted by molar-refractivity contribution is -0.132. The summed E-state index contributed by atoms with van der Waals surface area (Å²) in [6.07, 6.45) is 2.54. The first-order chi connectivity index (χ1) is 11.6. The van der Waals surface area contributed by atoms with Gasteiger partial charge in [-0.3, -0.25) is 4.79 Å². The summed E-state index contributed by atoms with van der Waals surface area (Å²) in [6.45, 7) is 1.77. The van der Waals surface area contributed by atoms with E-state index in [9.17, 15) is 9.59 Å². The molecular formula is C17H26N4O2S. The Labute approximate surface area is 147 Å². The molecule has 3 atom stereocenters. The first-order valence-electron chi connectivity index (χ1n) is 8.15. The number of nitrogens with two attached hydrogens (primary N) is 2. The fraction of sp³-hybridized carbons (Fsp3) is 0.529. The molecule has 132 valence electrons. The van der Waals surface area contributed by atoms with Crippen LogP contribution < -0.4 is 16.8 Å². The van der Waals surface area contributed by atoms with E-state index in [0.717, 1.165) is 5.75 Å². The quantitative estimate of drug-likeness (QED) is 0.682. The molecule has 0 aliphatic carbocycles. The van der Waals surface area contributed by atoms with Crippen LogP contribution in [0.2, 0.25) is 0 Å². The van der Waals surface area contributed by atoms with E-state index in [1.807, 2.05) is 29.4 Å². The maximum absolute atomic E-state index is 12.8. The van der Waals surface area contributed by atoms with Crippen molar-refractivity contribution in [3.8, 4) is 0 Å². The minimum absolute atomic E-state index is 0.0697. The molecule has 1 heterocycles. The van der Waals surface area contributed by atoms with Gasteiger partial charge in [0.05, 0.1) is 0 Å². The second kappa shape index (κ2) is 8.94. The van der Waals surface area contributed by atoms with Gasteiger partial charge in [-0.1, -0.05) is 30.3 Å². The molecule has 1 saturated heterocycles. The lowest BCUT2D eigenvalue weighted by Gasteiger charge is -2.24. The molecule has 0 aromatic heterocycles. The third kappa shape index (κ3) is 4.64. The van der Waals surface area contributed by atoms with Crippen molar-refractivity contribution in [1.29, 1.82) is 0 Å². The Morgan fingerprint density at radius 3 is 2.62 bits per heavy atom. The minimum atomic E-state index is -0.663. The van der Waals surface area contributed by atoms with Crippen molar-refractivity contribution >= 4 is 23.7 Å². The number of hydrogen-bond donors (Lipinski definition) is 3. The zero-order valence-corrected chi connectivity index (χ0v) is 14.8. The third-order valence-electron chi connectivity index (χ3n) is 4.51. The van der Waals surface area contributed by atoms with Crippen molar-refractivity contribution in [3.63, 3.8) is 0 Å². The number of carbonyl (C=O) groups is 2. The molecule has 2 rings (SSSR count). The number of benzene rings is 1. The topological polar surface area (TPSA) is 101 Å². The molecule has 1 unspecified atom stereocenters. The number of carbonyl (C=O) groups excluding carboxylic acids is 2. The number of nitrogens with one attached hydrogen (secondary N) is 1. The summed E-state index contributed by atoms with van der Waals surface area (Å²) in [7, 11) is 0. The van der Waals surface area contributed by atoms with E-state index >= 15 is 0 Å². The van der Waals surface area contributed by atoms with Gasteiger partial charge >= 0.3 is 6.03 Å². The highest BCUT2D eigenvalue weighted by Crippen LogP contribution is 2.32. The van der Waals surface area contributed by atoms with E-state index in [4.69, 9.17) is 11.5 Å². The van der Waals surface area contributed by atoms with E-state index in [1.54, 1.807) is 11.8 Å². The van der Waals surface area contributed by atoms with Gasteiger partial charge in [0.25, 0.3) is 0 Å². The Balaban J connectivity index is 2.10. The summed E-state index contributed by atoms with van der Waals surface area (Å²) in [4.78, 5) is 25.9. The SMILES string of the molecule is CSCCC(NC(N)=O)C(=O)N1C[C@@H](CN)[C@H](c2ccccc2)C1. The number of hydrogen-bond acceptors (Lipinski definition) is 4. The fourth-order valence-corrected chi connectivity index (χ4v) is 3.72. The highest BCUT2D eigenvalue weighted by atomic mass is 32.2. The van der Waals surface area contributed by atoms with Gasteiger partial charge in [-0.15, -0.1) is 0 Å². The summed E-state index contributed by atoms with van der Waals surface area (Å²) in [6, 6.07) is 8.91. The average molecular weight is 350 g/mol. The van der Waals surface area contributed by atoms with Crippen LogP contribution in [0.4, 0.5) is 4.79 Å². The van der Waals surface area contributed by atoms with E-state index < -0.39 is 12.1 Å². The summed E-state index contributed by atoms with van der Waals surface area (Å²) in [5.41, 5.74) is 12.4. The Bertz CT molecular complexity index is 555. The highest BCUT2D eigenvalue weighted by Gasteiger charge is 2.37. The van der Waals surface area contributed by atoms with Crippen molar-refractivity contribution in [1.82, 2.24) is 10.2 Å². The van der Waals surface area contributed by atoms with Gasteiger partial charge in [-0.2, -0.15) is 11.8 Å². The lowest BCUT2D eigenvalue weighted by Crippen LogP contribution is -2.50. The van der Waals surface area contributed by atoms with Crippen LogP contribution in [-0.4, -0.2) is 54.5 Å². The van der Waals surface area contributed by atoms with E-state index in [0.29, 0.717) is 26.1 Å². The van der Waals surface area contributed by atoms with Gasteiger partial charge in [0.15, 0.2) is 0 Å². The molecule has 0 saturated carbocycles. The summed E-state index contributed by atoms with van der Waals surface area (Å²) < 4.78 is 0. The van der Waals surface area contributed by atoms with Crippen LogP contribution in [-0.2, 0) is 4.79 Å². The fourth-order valence-electron chi connectivity index (χ4n) is 3.25. The molecule has 0 radical (unpaired) electrons. The highest BCUT2D eigenvalue weighted by molar-refractivity contribution is 7.98. The van der Waals surface area contributed by atoms with Gasteiger partial charge in [0.1, 0.15) is 6.04 Å². The van der Waals surface area contributed by atoms with Crippen LogP contribution in [0.1, 0.15) is 17.9 Å². The molecule has 3 amide bonds. The number of rotatable bonds is 7. The van der Waals surface area contributed by atoms with Crippen molar-refractivity contribution in [2.75, 3.05) is 31.6 Å². The normalized spacial score (nSPS) is 21.5. The number of urea groups is 1. The predicted molar refractivity (Wildman–Crippen MR) is 97.8 cm³/mol. The Kier molecular flexibility index (Phi) is 6.93. The zero-order valence-electron chi connectivity index (χ0n) is 14.0. The standard InChI is InChI=1S/C17H26N4O2S/c1-24-8-7-15(20-17(19)23)16(22)21-10-13(9-18)14(11-21)12-5-3-2-4-6-12/h2-6,13-15H,7-11,18H2,1H3,(H3,19,20,23)/t13-,14+,15?/m1/s1. The molecule has 0 bridgehead atoms. The molecule has 1 aliphatic heterocycles. The van der Waals surface area contributed by atoms with E-state index in [2.05, 4.69) is 17.4 Å². The summed E-state index contributed by atoms with van der Waals surface area (Å²) in [5, 5.41) is 2.58. The Morgan fingerprint density at radius 2 is 2.04 bits per heavy atom. The van der Waals surface area contributed by atoms with Crippen molar-refractivity contribution in [2.24, 2.45) is 17.4 Å². The van der Waals surface area contributed by atoms with Crippen LogP contribution in [0.25, 0.3) is 0 Å². The van der Waals surface area contributed by atoms with Crippen molar-refractivity contribution < 1.29 is 9.59 Å². The first kappa shape index (κ1) is 18.6. The van der Waals surface area contributed by atoms with Gasteiger partial charge < -0.3 is 21.7 Å². The summed E-state index contributed by atoms with van der Waals surface area (Å²) in [5.74, 6) is 1.17. The Morgan fingerprint density at radius 1 is 1.33 bits per heavy atom. The zero-order chi connectivity index (χ0) is 17.5.